The normalized spacial score (nSPS) is 16.9. The predicted octanol–water partition coefficient (Wildman–Crippen LogP) is 2.38. The van der Waals surface area contributed by atoms with Gasteiger partial charge in [0.05, 0.1) is 5.69 Å². The second-order valence-corrected chi connectivity index (χ2v) is 3.97. The maximum absolute atomic E-state index is 8.52. The molecule has 0 aliphatic carbocycles. The average Bonchev–Trinajstić information content (AvgIpc) is 2.32. The molecule has 1 saturated heterocycles. The fourth-order valence-corrected chi connectivity index (χ4v) is 1.91. The molecule has 0 aromatic heterocycles. The van der Waals surface area contributed by atoms with Gasteiger partial charge >= 0.3 is 0 Å². The molecule has 0 bridgehead atoms. The minimum absolute atomic E-state index is 0.717. The smallest absolute Gasteiger partial charge is 0.0609 e. The first-order valence-corrected chi connectivity index (χ1v) is 5.39. The summed E-state index contributed by atoms with van der Waals surface area (Å²) < 4.78 is 0. The van der Waals surface area contributed by atoms with E-state index in [4.69, 9.17) is 5.53 Å². The second-order valence-electron chi connectivity index (χ2n) is 3.97. The predicted molar refractivity (Wildman–Crippen MR) is 65.0 cm³/mol. The maximum atomic E-state index is 8.52. The van der Waals surface area contributed by atoms with E-state index in [0.717, 1.165) is 37.6 Å². The van der Waals surface area contributed by atoms with Gasteiger partial charge in [-0.25, -0.2) is 0 Å². The summed E-state index contributed by atoms with van der Waals surface area (Å²) in [5.41, 5.74) is 10.3. The Morgan fingerprint density at radius 1 is 1.19 bits per heavy atom. The monoisotopic (exact) mass is 217 g/mol. The highest BCUT2D eigenvalue weighted by molar-refractivity contribution is 5.66. The topological polar surface area (TPSA) is 55.2 Å². The fourth-order valence-electron chi connectivity index (χ4n) is 1.91. The van der Waals surface area contributed by atoms with Gasteiger partial charge in [-0.3, -0.25) is 0 Å². The lowest BCUT2D eigenvalue weighted by Gasteiger charge is -2.34. The summed E-state index contributed by atoms with van der Waals surface area (Å²) in [4.78, 5) is 7.43. The number of para-hydroxylation sites is 1. The summed E-state index contributed by atoms with van der Waals surface area (Å²) in [6.07, 6.45) is 0. The number of piperazine rings is 1. The summed E-state index contributed by atoms with van der Waals surface area (Å²) in [5, 5.41) is 3.73. The zero-order chi connectivity index (χ0) is 11.4. The van der Waals surface area contributed by atoms with Crippen LogP contribution >= 0.6 is 0 Å². The lowest BCUT2D eigenvalue weighted by molar-refractivity contribution is 0.313. The number of likely N-dealkylation sites (N-methyl/N-ethyl adjacent to an activating group) is 1. The van der Waals surface area contributed by atoms with Crippen LogP contribution < -0.4 is 4.90 Å². The van der Waals surface area contributed by atoms with Crippen LogP contribution in [0, 0.1) is 0 Å². The number of benzene rings is 1. The van der Waals surface area contributed by atoms with Crippen molar-refractivity contribution in [2.45, 2.75) is 0 Å². The SMILES string of the molecule is CN1CCN(c2ccccc2N=[N+]=[N-])CC1. The number of hydrogen-bond donors (Lipinski definition) is 0. The fraction of sp³-hybridized carbons (Fsp3) is 0.455. The number of anilines is 1. The summed E-state index contributed by atoms with van der Waals surface area (Å²) in [5.74, 6) is 0. The second kappa shape index (κ2) is 4.88. The summed E-state index contributed by atoms with van der Waals surface area (Å²) in [6, 6.07) is 7.73. The molecule has 16 heavy (non-hydrogen) atoms. The maximum Gasteiger partial charge on any atom is 0.0609 e. The number of rotatable bonds is 2. The van der Waals surface area contributed by atoms with Gasteiger partial charge in [0.15, 0.2) is 0 Å². The third-order valence-corrected chi connectivity index (χ3v) is 2.88. The van der Waals surface area contributed by atoms with E-state index in [1.807, 2.05) is 24.3 Å². The molecule has 0 spiro atoms. The Hall–Kier alpha value is -1.71. The molecule has 0 amide bonds. The van der Waals surface area contributed by atoms with Crippen LogP contribution in [0.4, 0.5) is 11.4 Å². The minimum Gasteiger partial charge on any atom is -0.369 e. The molecule has 0 atom stereocenters. The highest BCUT2D eigenvalue weighted by Crippen LogP contribution is 2.28. The van der Waals surface area contributed by atoms with Crippen molar-refractivity contribution in [2.75, 3.05) is 38.1 Å². The van der Waals surface area contributed by atoms with E-state index in [-0.39, 0.29) is 0 Å². The quantitative estimate of drug-likeness (QED) is 0.434. The Kier molecular flexibility index (Phi) is 3.29. The lowest BCUT2D eigenvalue weighted by atomic mass is 10.2. The van der Waals surface area contributed by atoms with E-state index in [2.05, 4.69) is 26.9 Å². The van der Waals surface area contributed by atoms with E-state index < -0.39 is 0 Å². The molecule has 1 aliphatic heterocycles. The molecule has 0 unspecified atom stereocenters. The van der Waals surface area contributed by atoms with Gasteiger partial charge in [-0.15, -0.1) is 0 Å². The van der Waals surface area contributed by atoms with Crippen molar-refractivity contribution < 1.29 is 0 Å². The van der Waals surface area contributed by atoms with Gasteiger partial charge < -0.3 is 9.80 Å². The highest BCUT2D eigenvalue weighted by atomic mass is 15.3. The van der Waals surface area contributed by atoms with Crippen LogP contribution in [0.25, 0.3) is 10.4 Å². The molecule has 0 saturated carbocycles. The molecule has 0 radical (unpaired) electrons. The van der Waals surface area contributed by atoms with Gasteiger partial charge in [-0.2, -0.15) is 0 Å². The van der Waals surface area contributed by atoms with Crippen LogP contribution in [0.1, 0.15) is 0 Å². The first-order chi connectivity index (χ1) is 7.81. The van der Waals surface area contributed by atoms with Gasteiger partial charge in [0.2, 0.25) is 0 Å². The third-order valence-electron chi connectivity index (χ3n) is 2.88. The van der Waals surface area contributed by atoms with Gasteiger partial charge in [0.1, 0.15) is 0 Å². The van der Waals surface area contributed by atoms with Gasteiger partial charge in [0.25, 0.3) is 0 Å². The minimum atomic E-state index is 0.717. The summed E-state index contributed by atoms with van der Waals surface area (Å²) in [6.45, 7) is 4.05. The molecule has 84 valence electrons. The molecule has 1 aromatic rings. The molecular formula is C11H15N5. The van der Waals surface area contributed by atoms with E-state index in [1.54, 1.807) is 0 Å². The van der Waals surface area contributed by atoms with E-state index in [9.17, 15) is 0 Å². The molecule has 1 aliphatic rings. The number of hydrogen-bond acceptors (Lipinski definition) is 3. The van der Waals surface area contributed by atoms with Crippen molar-refractivity contribution in [3.05, 3.63) is 34.7 Å². The van der Waals surface area contributed by atoms with Crippen LogP contribution in [-0.2, 0) is 0 Å². The highest BCUT2D eigenvalue weighted by Gasteiger charge is 2.15. The van der Waals surface area contributed by atoms with Crippen LogP contribution in [0.3, 0.4) is 0 Å². The Labute approximate surface area is 94.9 Å². The first-order valence-electron chi connectivity index (χ1n) is 5.39. The van der Waals surface area contributed by atoms with Gasteiger partial charge in [-0.05, 0) is 18.6 Å². The van der Waals surface area contributed by atoms with Crippen molar-refractivity contribution in [2.24, 2.45) is 5.11 Å². The molecule has 5 nitrogen and oxygen atoms in total. The van der Waals surface area contributed by atoms with Gasteiger partial charge in [0, 0.05) is 36.8 Å². The van der Waals surface area contributed by atoms with Crippen molar-refractivity contribution in [1.82, 2.24) is 4.90 Å². The van der Waals surface area contributed by atoms with Crippen molar-refractivity contribution in [3.63, 3.8) is 0 Å². The first kappa shape index (κ1) is 10.8. The van der Waals surface area contributed by atoms with Crippen molar-refractivity contribution >= 4 is 11.4 Å². The zero-order valence-electron chi connectivity index (χ0n) is 9.37. The van der Waals surface area contributed by atoms with Crippen LogP contribution in [0.15, 0.2) is 29.4 Å². The van der Waals surface area contributed by atoms with Crippen molar-refractivity contribution in [3.8, 4) is 0 Å². The summed E-state index contributed by atoms with van der Waals surface area (Å²) >= 11 is 0. The molecular weight excluding hydrogens is 202 g/mol. The van der Waals surface area contributed by atoms with E-state index in [1.165, 1.54) is 0 Å². The van der Waals surface area contributed by atoms with Crippen molar-refractivity contribution in [1.29, 1.82) is 0 Å². The molecule has 0 N–H and O–H groups in total. The molecule has 1 aromatic carbocycles. The zero-order valence-corrected chi connectivity index (χ0v) is 9.37. The van der Waals surface area contributed by atoms with E-state index in [0.29, 0.717) is 0 Å². The standard InChI is InChI=1S/C11H15N5/c1-15-6-8-16(9-7-15)11-5-3-2-4-10(11)13-14-12/h2-5H,6-9H2,1H3. The van der Waals surface area contributed by atoms with Crippen LogP contribution in [-0.4, -0.2) is 38.1 Å². The Morgan fingerprint density at radius 2 is 1.88 bits per heavy atom. The number of nitrogens with zero attached hydrogens (tertiary/aromatic N) is 5. The Bertz CT molecular complexity index is 403. The van der Waals surface area contributed by atoms with Crippen LogP contribution in [0.2, 0.25) is 0 Å². The Balaban J connectivity index is 2.22. The van der Waals surface area contributed by atoms with E-state index >= 15 is 0 Å². The molecule has 2 rings (SSSR count). The largest absolute Gasteiger partial charge is 0.369 e. The average molecular weight is 217 g/mol. The number of azide groups is 1. The summed E-state index contributed by atoms with van der Waals surface area (Å²) in [7, 11) is 2.12. The van der Waals surface area contributed by atoms with Gasteiger partial charge in [-0.1, -0.05) is 23.3 Å². The molecule has 1 heterocycles. The third kappa shape index (κ3) is 2.27. The van der Waals surface area contributed by atoms with Crippen LogP contribution in [0.5, 0.6) is 0 Å². The Morgan fingerprint density at radius 3 is 2.56 bits per heavy atom. The lowest BCUT2D eigenvalue weighted by Crippen LogP contribution is -2.44. The molecule has 1 fully saturated rings. The molecule has 5 heteroatoms.